The van der Waals surface area contributed by atoms with Crippen molar-refractivity contribution in [1.29, 1.82) is 0 Å². The van der Waals surface area contributed by atoms with Crippen LogP contribution < -0.4 is 20.5 Å². The van der Waals surface area contributed by atoms with E-state index in [1.54, 1.807) is 92.5 Å². The number of nitrogens with zero attached hydrogens (tertiary/aromatic N) is 2. The number of nitrogen functional groups attached to an aromatic ring is 1. The standard InChI is InChI=1S/C20H17ClN2O2S.C14H14ClNOS.C6H5NO2/c1-25-16-8-5-14(6-9-16)13-26-19-12-15(7-10-17(19)21)23-20(24)18-4-2-3-11-22-18;1-17-12-5-2-10(3-6-12)9-18-14-8-11(16)4-7-13(14)15;8-6(9)5-3-1-2-4-7-5/h2-12H,13H2,1H3,(H,23,24);2-8H,9,16H2,1H3;1-4H,(H,8,9). The quantitative estimate of drug-likeness (QED) is 0.0860. The minimum Gasteiger partial charge on any atom is -0.497 e. The Balaban J connectivity index is 0.000000200. The number of aromatic nitrogens is 2. The van der Waals surface area contributed by atoms with Crippen molar-refractivity contribution in [3.05, 3.63) is 166 Å². The van der Waals surface area contributed by atoms with E-state index < -0.39 is 5.97 Å². The lowest BCUT2D eigenvalue weighted by Gasteiger charge is -2.09. The summed E-state index contributed by atoms with van der Waals surface area (Å²) in [5.74, 6) is 2.07. The Hall–Kier alpha value is -5.20. The number of carbonyl (C=O) groups is 2. The summed E-state index contributed by atoms with van der Waals surface area (Å²) in [6.07, 6.45) is 3.04. The number of rotatable bonds is 11. The van der Waals surface area contributed by atoms with Crippen LogP contribution in [0, 0.1) is 0 Å². The van der Waals surface area contributed by atoms with Gasteiger partial charge in [0.1, 0.15) is 22.9 Å². The molecule has 2 heterocycles. The molecule has 0 aliphatic carbocycles. The second-order valence-corrected chi connectivity index (χ2v) is 13.6. The maximum Gasteiger partial charge on any atom is 0.354 e. The summed E-state index contributed by atoms with van der Waals surface area (Å²) in [6.45, 7) is 0. The molecule has 2 aromatic heterocycles. The Bertz CT molecular complexity index is 2060. The Morgan fingerprint density at radius 3 is 1.62 bits per heavy atom. The molecule has 1 amide bonds. The topological polar surface area (TPSA) is 137 Å². The first kappa shape index (κ1) is 40.6. The molecule has 13 heteroatoms. The van der Waals surface area contributed by atoms with Gasteiger partial charge in [0.25, 0.3) is 5.91 Å². The van der Waals surface area contributed by atoms with Gasteiger partial charge in [-0.1, -0.05) is 59.6 Å². The number of ether oxygens (including phenoxy) is 2. The van der Waals surface area contributed by atoms with Crippen LogP contribution in [0.3, 0.4) is 0 Å². The molecule has 9 nitrogen and oxygen atoms in total. The molecule has 0 atom stereocenters. The number of thioether (sulfide) groups is 2. The summed E-state index contributed by atoms with van der Waals surface area (Å²) in [7, 11) is 3.31. The highest BCUT2D eigenvalue weighted by molar-refractivity contribution is 7.98. The Kier molecular flexibility index (Phi) is 16.3. The Labute approximate surface area is 326 Å². The summed E-state index contributed by atoms with van der Waals surface area (Å²) < 4.78 is 10.3. The van der Waals surface area contributed by atoms with E-state index in [2.05, 4.69) is 15.3 Å². The summed E-state index contributed by atoms with van der Waals surface area (Å²) in [6, 6.07) is 36.9. The number of amides is 1. The highest BCUT2D eigenvalue weighted by Gasteiger charge is 2.10. The van der Waals surface area contributed by atoms with E-state index >= 15 is 0 Å². The molecule has 4 aromatic carbocycles. The molecule has 0 saturated heterocycles. The van der Waals surface area contributed by atoms with Gasteiger partial charge in [0.05, 0.1) is 24.3 Å². The van der Waals surface area contributed by atoms with Crippen LogP contribution in [0.1, 0.15) is 32.1 Å². The van der Waals surface area contributed by atoms with Crippen LogP contribution in [-0.2, 0) is 11.5 Å². The fourth-order valence-electron chi connectivity index (χ4n) is 4.27. The molecule has 53 heavy (non-hydrogen) atoms. The third-order valence-electron chi connectivity index (χ3n) is 7.03. The number of carboxylic acids is 1. The number of carboxylic acid groups (broad SMARTS) is 1. The van der Waals surface area contributed by atoms with Gasteiger partial charge in [-0.25, -0.2) is 9.78 Å². The van der Waals surface area contributed by atoms with Crippen molar-refractivity contribution < 1.29 is 24.2 Å². The second kappa shape index (κ2) is 21.4. The van der Waals surface area contributed by atoms with Crippen molar-refractivity contribution in [3.63, 3.8) is 0 Å². The van der Waals surface area contributed by atoms with Gasteiger partial charge < -0.3 is 25.6 Å². The largest absolute Gasteiger partial charge is 0.497 e. The highest BCUT2D eigenvalue weighted by Crippen LogP contribution is 2.33. The third-order valence-corrected chi connectivity index (χ3v) is 10.2. The van der Waals surface area contributed by atoms with E-state index in [9.17, 15) is 9.59 Å². The maximum absolute atomic E-state index is 12.2. The van der Waals surface area contributed by atoms with Crippen LogP contribution in [0.4, 0.5) is 11.4 Å². The van der Waals surface area contributed by atoms with Crippen LogP contribution in [0.15, 0.2) is 144 Å². The average molecular weight is 788 g/mol. The molecule has 6 aromatic rings. The van der Waals surface area contributed by atoms with Gasteiger partial charge in [-0.3, -0.25) is 9.78 Å². The van der Waals surface area contributed by atoms with Crippen LogP contribution >= 0.6 is 46.7 Å². The zero-order valence-electron chi connectivity index (χ0n) is 28.7. The number of anilines is 2. The number of hydrogen-bond acceptors (Lipinski definition) is 9. The van der Waals surface area contributed by atoms with Gasteiger partial charge in [0.2, 0.25) is 0 Å². The van der Waals surface area contributed by atoms with E-state index in [0.29, 0.717) is 16.4 Å². The molecule has 4 N–H and O–H groups in total. The van der Waals surface area contributed by atoms with Crippen LogP contribution in [0.5, 0.6) is 11.5 Å². The van der Waals surface area contributed by atoms with E-state index in [4.69, 9.17) is 43.5 Å². The highest BCUT2D eigenvalue weighted by atomic mass is 35.5. The van der Waals surface area contributed by atoms with Gasteiger partial charge in [-0.2, -0.15) is 0 Å². The Morgan fingerprint density at radius 2 is 1.17 bits per heavy atom. The van der Waals surface area contributed by atoms with Crippen molar-refractivity contribution in [1.82, 2.24) is 9.97 Å². The second-order valence-electron chi connectivity index (χ2n) is 10.8. The minimum absolute atomic E-state index is 0.0810. The first-order chi connectivity index (χ1) is 25.6. The Morgan fingerprint density at radius 1 is 0.679 bits per heavy atom. The molecule has 0 aliphatic rings. The molecule has 0 spiro atoms. The zero-order valence-corrected chi connectivity index (χ0v) is 31.9. The molecular formula is C40H36Cl2N4O5S2. The number of nitrogens with two attached hydrogens (primary N) is 1. The molecule has 6 rings (SSSR count). The van der Waals surface area contributed by atoms with E-state index in [1.807, 2.05) is 66.7 Å². The predicted octanol–water partition coefficient (Wildman–Crippen LogP) is 10.3. The zero-order chi connectivity index (χ0) is 38.0. The first-order valence-electron chi connectivity index (χ1n) is 15.9. The first-order valence-corrected chi connectivity index (χ1v) is 18.6. The lowest BCUT2D eigenvalue weighted by atomic mass is 10.2. The average Bonchev–Trinajstić information content (AvgIpc) is 3.20. The number of benzene rings is 4. The maximum atomic E-state index is 12.2. The van der Waals surface area contributed by atoms with Crippen LogP contribution in [0.25, 0.3) is 0 Å². The van der Waals surface area contributed by atoms with E-state index in [1.165, 1.54) is 17.8 Å². The van der Waals surface area contributed by atoms with Crippen molar-refractivity contribution in [2.24, 2.45) is 0 Å². The van der Waals surface area contributed by atoms with Crippen molar-refractivity contribution >= 4 is 70.0 Å². The SMILES string of the molecule is COc1ccc(CSc2cc(N)ccc2Cl)cc1.COc1ccc(CSc2cc(NC(=O)c3ccccn3)ccc2Cl)cc1.O=C(O)c1ccccn1. The molecular weight excluding hydrogens is 752 g/mol. The van der Waals surface area contributed by atoms with E-state index in [0.717, 1.165) is 49.1 Å². The van der Waals surface area contributed by atoms with Gasteiger partial charge in [-0.05, 0) is 96.1 Å². The molecule has 0 fully saturated rings. The van der Waals surface area contributed by atoms with Crippen molar-refractivity contribution in [2.45, 2.75) is 21.3 Å². The van der Waals surface area contributed by atoms with Crippen LogP contribution in [-0.4, -0.2) is 41.2 Å². The van der Waals surface area contributed by atoms with Gasteiger partial charge in [-0.15, -0.1) is 23.5 Å². The predicted molar refractivity (Wildman–Crippen MR) is 216 cm³/mol. The smallest absolute Gasteiger partial charge is 0.354 e. The van der Waals surface area contributed by atoms with Gasteiger partial charge >= 0.3 is 5.97 Å². The minimum atomic E-state index is -0.990. The number of carbonyl (C=O) groups excluding carboxylic acids is 1. The lowest BCUT2D eigenvalue weighted by molar-refractivity contribution is 0.0690. The molecule has 0 unspecified atom stereocenters. The summed E-state index contributed by atoms with van der Waals surface area (Å²) in [5.41, 5.74) is 10.00. The summed E-state index contributed by atoms with van der Waals surface area (Å²) in [4.78, 5) is 31.9. The lowest BCUT2D eigenvalue weighted by Crippen LogP contribution is -2.13. The number of hydrogen-bond donors (Lipinski definition) is 3. The van der Waals surface area contributed by atoms with Gasteiger partial charge in [0, 0.05) is 45.1 Å². The monoisotopic (exact) mass is 786 g/mol. The molecule has 0 bridgehead atoms. The molecule has 0 aliphatic heterocycles. The van der Waals surface area contributed by atoms with Crippen LogP contribution in [0.2, 0.25) is 10.0 Å². The van der Waals surface area contributed by atoms with E-state index in [-0.39, 0.29) is 11.6 Å². The number of pyridine rings is 2. The molecule has 0 radical (unpaired) electrons. The number of aromatic carboxylic acids is 1. The number of methoxy groups -OCH3 is 2. The normalized spacial score (nSPS) is 10.1. The molecule has 272 valence electrons. The van der Waals surface area contributed by atoms with Crippen molar-refractivity contribution in [2.75, 3.05) is 25.3 Å². The summed E-state index contributed by atoms with van der Waals surface area (Å²) >= 11 is 15.7. The third kappa shape index (κ3) is 13.7. The fraction of sp³-hybridized carbons (Fsp3) is 0.100. The fourth-order valence-corrected chi connectivity index (χ4v) is 6.70. The molecule has 0 saturated carbocycles. The summed E-state index contributed by atoms with van der Waals surface area (Å²) in [5, 5.41) is 12.6. The number of nitrogens with one attached hydrogen (secondary N) is 1. The van der Waals surface area contributed by atoms with Gasteiger partial charge in [0.15, 0.2) is 0 Å². The van der Waals surface area contributed by atoms with Crippen molar-refractivity contribution in [3.8, 4) is 11.5 Å². The number of halogens is 2.